The van der Waals surface area contributed by atoms with Crippen molar-refractivity contribution in [2.75, 3.05) is 11.8 Å². The third-order valence-electron chi connectivity index (χ3n) is 0.218. The molecule has 2 heteroatoms. The lowest BCUT2D eigenvalue weighted by Gasteiger charge is -1.74. The highest BCUT2D eigenvalue weighted by Crippen LogP contribution is 1.83. The standard InChI is InChI=1S/C3H5Cl2/c4-2-1-3-5/h1H,2-3H2. The van der Waals surface area contributed by atoms with Gasteiger partial charge in [0.05, 0.1) is 0 Å². The molecule has 0 aliphatic heterocycles. The van der Waals surface area contributed by atoms with Gasteiger partial charge in [-0.2, -0.15) is 0 Å². The number of alkyl halides is 2. The fraction of sp³-hybridized carbons (Fsp3) is 0.667. The summed E-state index contributed by atoms with van der Waals surface area (Å²) in [4.78, 5) is 0. The number of hydrogen-bond donors (Lipinski definition) is 0. The lowest BCUT2D eigenvalue weighted by atomic mass is 10.6. The van der Waals surface area contributed by atoms with Crippen LogP contribution in [0.4, 0.5) is 0 Å². The van der Waals surface area contributed by atoms with E-state index in [0.717, 1.165) is 0 Å². The van der Waals surface area contributed by atoms with Crippen LogP contribution in [0.2, 0.25) is 0 Å². The Morgan fingerprint density at radius 1 is 1.20 bits per heavy atom. The van der Waals surface area contributed by atoms with Crippen molar-refractivity contribution in [2.24, 2.45) is 0 Å². The van der Waals surface area contributed by atoms with E-state index >= 15 is 0 Å². The first-order chi connectivity index (χ1) is 2.41. The molecule has 0 rings (SSSR count). The molecule has 0 bridgehead atoms. The third kappa shape index (κ3) is 4.58. The molecule has 0 atom stereocenters. The second kappa shape index (κ2) is 4.58. The molecule has 0 heterocycles. The van der Waals surface area contributed by atoms with Crippen LogP contribution in [0.3, 0.4) is 0 Å². The molecule has 0 N–H and O–H groups in total. The summed E-state index contributed by atoms with van der Waals surface area (Å²) in [6.45, 7) is 0. The van der Waals surface area contributed by atoms with Crippen LogP contribution in [-0.4, -0.2) is 11.8 Å². The molecule has 5 heavy (non-hydrogen) atoms. The molecule has 0 fully saturated rings. The van der Waals surface area contributed by atoms with Gasteiger partial charge in [0, 0.05) is 11.8 Å². The maximum atomic E-state index is 5.16. The SMILES string of the molecule is ClC[CH]CCl. The van der Waals surface area contributed by atoms with Crippen molar-refractivity contribution in [1.29, 1.82) is 0 Å². The molecule has 1 radical (unpaired) electrons. The van der Waals surface area contributed by atoms with Gasteiger partial charge >= 0.3 is 0 Å². The first kappa shape index (κ1) is 5.58. The Morgan fingerprint density at radius 2 is 1.60 bits per heavy atom. The van der Waals surface area contributed by atoms with E-state index in [1.807, 2.05) is 0 Å². The highest BCUT2D eigenvalue weighted by Gasteiger charge is 1.72. The van der Waals surface area contributed by atoms with Gasteiger partial charge < -0.3 is 0 Å². The van der Waals surface area contributed by atoms with Gasteiger partial charge in [0.15, 0.2) is 0 Å². The summed E-state index contributed by atoms with van der Waals surface area (Å²) < 4.78 is 0. The molecular weight excluding hydrogens is 107 g/mol. The molecule has 0 saturated carbocycles. The molecule has 0 aliphatic carbocycles. The Bertz CT molecular complexity index is 12.4. The van der Waals surface area contributed by atoms with E-state index in [1.165, 1.54) is 0 Å². The summed E-state index contributed by atoms with van der Waals surface area (Å²) in [5, 5.41) is 0. The van der Waals surface area contributed by atoms with Gasteiger partial charge in [-0.3, -0.25) is 0 Å². The number of hydrogen-bond acceptors (Lipinski definition) is 0. The maximum absolute atomic E-state index is 5.16. The van der Waals surface area contributed by atoms with Crippen molar-refractivity contribution in [3.8, 4) is 0 Å². The Labute approximate surface area is 42.1 Å². The van der Waals surface area contributed by atoms with Crippen LogP contribution in [0.25, 0.3) is 0 Å². The molecule has 0 aromatic carbocycles. The second-order valence-electron chi connectivity index (χ2n) is 0.597. The summed E-state index contributed by atoms with van der Waals surface area (Å²) in [5.41, 5.74) is 0. The summed E-state index contributed by atoms with van der Waals surface area (Å²) in [6.07, 6.45) is 1.78. The van der Waals surface area contributed by atoms with Crippen molar-refractivity contribution >= 4 is 23.2 Å². The minimum atomic E-state index is 0.559. The van der Waals surface area contributed by atoms with Crippen LogP contribution in [0.5, 0.6) is 0 Å². The molecular formula is C3H5Cl2. The molecule has 0 spiro atoms. The topological polar surface area (TPSA) is 0 Å². The summed E-state index contributed by atoms with van der Waals surface area (Å²) >= 11 is 10.3. The van der Waals surface area contributed by atoms with Crippen LogP contribution in [0.15, 0.2) is 0 Å². The monoisotopic (exact) mass is 111 g/mol. The Morgan fingerprint density at radius 3 is 1.60 bits per heavy atom. The van der Waals surface area contributed by atoms with E-state index in [0.29, 0.717) is 11.8 Å². The molecule has 0 aliphatic rings. The fourth-order valence-electron chi connectivity index (χ4n) is 0.0412. The zero-order valence-electron chi connectivity index (χ0n) is 2.75. The van der Waals surface area contributed by atoms with Gasteiger partial charge in [-0.15, -0.1) is 23.2 Å². The predicted molar refractivity (Wildman–Crippen MR) is 25.7 cm³/mol. The van der Waals surface area contributed by atoms with E-state index in [2.05, 4.69) is 0 Å². The van der Waals surface area contributed by atoms with E-state index in [4.69, 9.17) is 23.2 Å². The quantitative estimate of drug-likeness (QED) is 0.476. The average Bonchev–Trinajstić information content (AvgIpc) is 1.41. The van der Waals surface area contributed by atoms with Crippen molar-refractivity contribution in [3.63, 3.8) is 0 Å². The molecule has 0 amide bonds. The zero-order chi connectivity index (χ0) is 4.12. The van der Waals surface area contributed by atoms with Gasteiger partial charge in [-0.1, -0.05) is 0 Å². The minimum absolute atomic E-state index is 0.559. The lowest BCUT2D eigenvalue weighted by molar-refractivity contribution is 1.43. The highest BCUT2D eigenvalue weighted by molar-refractivity contribution is 6.21. The highest BCUT2D eigenvalue weighted by atomic mass is 35.5. The van der Waals surface area contributed by atoms with Crippen molar-refractivity contribution < 1.29 is 0 Å². The fourth-order valence-corrected chi connectivity index (χ4v) is 0.371. The van der Waals surface area contributed by atoms with E-state index < -0.39 is 0 Å². The molecule has 0 saturated heterocycles. The zero-order valence-corrected chi connectivity index (χ0v) is 4.26. The van der Waals surface area contributed by atoms with Crippen LogP contribution < -0.4 is 0 Å². The summed E-state index contributed by atoms with van der Waals surface area (Å²) in [6, 6.07) is 0. The van der Waals surface area contributed by atoms with E-state index in [9.17, 15) is 0 Å². The molecule has 0 aromatic heterocycles. The largest absolute Gasteiger partial charge is 0.126 e. The molecule has 0 aromatic rings. The summed E-state index contributed by atoms with van der Waals surface area (Å²) in [5.74, 6) is 1.12. The second-order valence-corrected chi connectivity index (χ2v) is 1.21. The van der Waals surface area contributed by atoms with E-state index in [1.54, 1.807) is 6.42 Å². The first-order valence-corrected chi connectivity index (χ1v) is 2.42. The van der Waals surface area contributed by atoms with Gasteiger partial charge in [0.25, 0.3) is 0 Å². The predicted octanol–water partition coefficient (Wildman–Crippen LogP) is 1.67. The Kier molecular flexibility index (Phi) is 5.11. The number of rotatable bonds is 2. The lowest BCUT2D eigenvalue weighted by Crippen LogP contribution is -1.72. The first-order valence-electron chi connectivity index (χ1n) is 1.35. The van der Waals surface area contributed by atoms with Crippen LogP contribution in [0.1, 0.15) is 0 Å². The number of halogens is 2. The van der Waals surface area contributed by atoms with Gasteiger partial charge in [-0.25, -0.2) is 0 Å². The molecule has 0 unspecified atom stereocenters. The van der Waals surface area contributed by atoms with Gasteiger partial charge in [-0.05, 0) is 6.42 Å². The van der Waals surface area contributed by atoms with E-state index in [-0.39, 0.29) is 0 Å². The van der Waals surface area contributed by atoms with Gasteiger partial charge in [0.2, 0.25) is 0 Å². The minimum Gasteiger partial charge on any atom is -0.126 e. The molecule has 31 valence electrons. The van der Waals surface area contributed by atoms with Crippen molar-refractivity contribution in [3.05, 3.63) is 6.42 Å². The summed E-state index contributed by atoms with van der Waals surface area (Å²) in [7, 11) is 0. The molecule has 0 nitrogen and oxygen atoms in total. The van der Waals surface area contributed by atoms with Crippen molar-refractivity contribution in [2.45, 2.75) is 0 Å². The average molecular weight is 112 g/mol. The van der Waals surface area contributed by atoms with Gasteiger partial charge in [0.1, 0.15) is 0 Å². The van der Waals surface area contributed by atoms with Crippen LogP contribution >= 0.6 is 23.2 Å². The van der Waals surface area contributed by atoms with Crippen molar-refractivity contribution in [1.82, 2.24) is 0 Å². The third-order valence-corrected chi connectivity index (χ3v) is 0.655. The van der Waals surface area contributed by atoms with Crippen LogP contribution in [-0.2, 0) is 0 Å². The maximum Gasteiger partial charge on any atom is 0.0266 e. The normalized spacial score (nSPS) is 8.40. The Hall–Kier alpha value is 0.580. The Balaban J connectivity index is 2.19. The smallest absolute Gasteiger partial charge is 0.0266 e. The van der Waals surface area contributed by atoms with Crippen LogP contribution in [0, 0.1) is 6.42 Å².